The maximum Gasteiger partial charge on any atom is 0.303 e. The van der Waals surface area contributed by atoms with Crippen LogP contribution in [0.3, 0.4) is 0 Å². The number of carbonyl (C=O) groups is 1. The van der Waals surface area contributed by atoms with Gasteiger partial charge in [-0.05, 0) is 12.8 Å². The van der Waals surface area contributed by atoms with Crippen molar-refractivity contribution in [2.24, 2.45) is 0 Å². The summed E-state index contributed by atoms with van der Waals surface area (Å²) in [7, 11) is 0. The first-order valence-corrected chi connectivity index (χ1v) is 3.08. The van der Waals surface area contributed by atoms with Gasteiger partial charge in [-0.15, -0.1) is 11.6 Å². The summed E-state index contributed by atoms with van der Waals surface area (Å²) in [5, 5.41) is 8.10. The summed E-state index contributed by atoms with van der Waals surface area (Å²) in [5.74, 6) is -0.178. The van der Waals surface area contributed by atoms with Gasteiger partial charge in [-0.2, -0.15) is 0 Å². The highest BCUT2D eigenvalue weighted by molar-refractivity contribution is 6.17. The van der Waals surface area contributed by atoms with Crippen LogP contribution in [0.25, 0.3) is 0 Å². The first-order valence-electron chi connectivity index (χ1n) is 2.55. The average molecular weight is 137 g/mol. The lowest BCUT2D eigenvalue weighted by atomic mass is 10.3. The number of alkyl halides is 1. The van der Waals surface area contributed by atoms with E-state index in [0.717, 1.165) is 6.42 Å². The summed E-state index contributed by atoms with van der Waals surface area (Å²) in [4.78, 5) is 9.83. The molecule has 0 aliphatic rings. The van der Waals surface area contributed by atoms with Crippen LogP contribution in [-0.4, -0.2) is 17.0 Å². The normalized spacial score (nSPS) is 9.12. The molecule has 2 nitrogen and oxygen atoms in total. The highest BCUT2D eigenvalue weighted by atomic mass is 35.5. The van der Waals surface area contributed by atoms with Gasteiger partial charge >= 0.3 is 5.97 Å². The molecule has 0 saturated carbocycles. The molecule has 0 spiro atoms. The van der Waals surface area contributed by atoms with Gasteiger partial charge in [-0.25, -0.2) is 0 Å². The Hall–Kier alpha value is -0.240. The van der Waals surface area contributed by atoms with Crippen LogP contribution in [0.4, 0.5) is 0 Å². The number of carboxylic acid groups (broad SMARTS) is 1. The van der Waals surface area contributed by atoms with Crippen molar-refractivity contribution in [2.45, 2.75) is 19.3 Å². The van der Waals surface area contributed by atoms with Crippen LogP contribution >= 0.6 is 11.6 Å². The van der Waals surface area contributed by atoms with Gasteiger partial charge in [0.05, 0.1) is 0 Å². The van der Waals surface area contributed by atoms with Crippen molar-refractivity contribution in [3.05, 3.63) is 0 Å². The molecular formula is C5H9ClO2. The number of aliphatic carboxylic acids is 1. The van der Waals surface area contributed by atoms with Crippen molar-refractivity contribution in [3.8, 4) is 0 Å². The third-order valence-corrected chi connectivity index (χ3v) is 1.04. The Balaban J connectivity index is 2.82. The molecule has 0 fully saturated rings. The van der Waals surface area contributed by atoms with E-state index >= 15 is 0 Å². The van der Waals surface area contributed by atoms with E-state index in [-0.39, 0.29) is 6.42 Å². The van der Waals surface area contributed by atoms with Gasteiger partial charge < -0.3 is 5.11 Å². The van der Waals surface area contributed by atoms with Gasteiger partial charge in [0.1, 0.15) is 0 Å². The molecule has 0 aromatic carbocycles. The Morgan fingerprint density at radius 2 is 2.12 bits per heavy atom. The van der Waals surface area contributed by atoms with Crippen LogP contribution in [0.5, 0.6) is 0 Å². The standard InChI is InChI=1S/C5H9ClO2/c6-4-2-1-3-5(7)8/h1-4H2,(H,7,8). The Kier molecular flexibility index (Phi) is 4.76. The molecule has 3 heteroatoms. The number of hydrogen-bond donors (Lipinski definition) is 1. The topological polar surface area (TPSA) is 37.3 Å². The number of carboxylic acids is 1. The van der Waals surface area contributed by atoms with Crippen molar-refractivity contribution >= 4 is 17.6 Å². The second kappa shape index (κ2) is 4.91. The molecule has 0 atom stereocenters. The lowest BCUT2D eigenvalue weighted by Crippen LogP contribution is -1.93. The summed E-state index contributed by atoms with van der Waals surface area (Å²) in [6.07, 6.45) is 1.74. The van der Waals surface area contributed by atoms with Gasteiger partial charge in [0.25, 0.3) is 0 Å². The van der Waals surface area contributed by atoms with E-state index in [9.17, 15) is 4.79 Å². The van der Waals surface area contributed by atoms with E-state index in [2.05, 4.69) is 0 Å². The zero-order valence-corrected chi connectivity index (χ0v) is 5.32. The summed E-state index contributed by atoms with van der Waals surface area (Å²) < 4.78 is 0. The van der Waals surface area contributed by atoms with Crippen LogP contribution in [0, 0.1) is 0 Å². The lowest BCUT2D eigenvalue weighted by Gasteiger charge is -1.88. The Morgan fingerprint density at radius 3 is 2.50 bits per heavy atom. The van der Waals surface area contributed by atoms with Crippen molar-refractivity contribution in [2.75, 3.05) is 5.88 Å². The van der Waals surface area contributed by atoms with Crippen molar-refractivity contribution < 1.29 is 9.90 Å². The molecule has 1 N–H and O–H groups in total. The van der Waals surface area contributed by atoms with Crippen molar-refractivity contribution in [3.63, 3.8) is 0 Å². The number of halogens is 1. The number of unbranched alkanes of at least 4 members (excludes halogenated alkanes) is 1. The Bertz CT molecular complexity index is 72.8. The zero-order valence-electron chi connectivity index (χ0n) is 4.56. The number of hydrogen-bond acceptors (Lipinski definition) is 1. The monoisotopic (exact) mass is 136 g/mol. The van der Waals surface area contributed by atoms with Crippen LogP contribution in [0.15, 0.2) is 0 Å². The van der Waals surface area contributed by atoms with Crippen molar-refractivity contribution in [1.82, 2.24) is 0 Å². The van der Waals surface area contributed by atoms with Gasteiger partial charge in [0.2, 0.25) is 0 Å². The van der Waals surface area contributed by atoms with Gasteiger partial charge in [0, 0.05) is 12.3 Å². The van der Waals surface area contributed by atoms with Crippen LogP contribution in [-0.2, 0) is 4.79 Å². The smallest absolute Gasteiger partial charge is 0.303 e. The maximum absolute atomic E-state index is 9.83. The van der Waals surface area contributed by atoms with Crippen LogP contribution < -0.4 is 0 Å². The molecule has 0 radical (unpaired) electrons. The molecule has 0 rings (SSSR count). The predicted octanol–water partition coefficient (Wildman–Crippen LogP) is 1.48. The summed E-state index contributed by atoms with van der Waals surface area (Å²) in [6.45, 7) is 0. The maximum atomic E-state index is 9.83. The van der Waals surface area contributed by atoms with E-state index in [1.54, 1.807) is 0 Å². The molecule has 0 heterocycles. The predicted molar refractivity (Wildman–Crippen MR) is 32.2 cm³/mol. The van der Waals surface area contributed by atoms with Crippen LogP contribution in [0.1, 0.15) is 19.3 Å². The second-order valence-corrected chi connectivity index (χ2v) is 1.92. The van der Waals surface area contributed by atoms with E-state index < -0.39 is 5.97 Å². The molecule has 0 amide bonds. The SMILES string of the molecule is O=C(O)CCCCCl. The number of rotatable bonds is 4. The highest BCUT2D eigenvalue weighted by Crippen LogP contribution is 1.95. The molecule has 0 aliphatic heterocycles. The quantitative estimate of drug-likeness (QED) is 0.470. The molecule has 0 aliphatic carbocycles. The minimum atomic E-state index is -0.741. The zero-order chi connectivity index (χ0) is 6.41. The largest absolute Gasteiger partial charge is 0.481 e. The summed E-state index contributed by atoms with van der Waals surface area (Å²) in [6, 6.07) is 0. The van der Waals surface area contributed by atoms with E-state index in [1.807, 2.05) is 0 Å². The highest BCUT2D eigenvalue weighted by Gasteiger charge is 1.93. The lowest BCUT2D eigenvalue weighted by molar-refractivity contribution is -0.137. The molecule has 0 unspecified atom stereocenters. The molecule has 8 heavy (non-hydrogen) atoms. The third kappa shape index (κ3) is 5.76. The third-order valence-electron chi connectivity index (χ3n) is 0.774. The Labute approximate surface area is 53.5 Å². The summed E-state index contributed by atoms with van der Waals surface area (Å²) in [5.41, 5.74) is 0. The molecule has 0 saturated heterocycles. The van der Waals surface area contributed by atoms with Crippen molar-refractivity contribution in [1.29, 1.82) is 0 Å². The van der Waals surface area contributed by atoms with Gasteiger partial charge in [-0.1, -0.05) is 0 Å². The molecule has 48 valence electrons. The second-order valence-electron chi connectivity index (χ2n) is 1.54. The van der Waals surface area contributed by atoms with E-state index in [0.29, 0.717) is 12.3 Å². The summed E-state index contributed by atoms with van der Waals surface area (Å²) >= 11 is 5.29. The minimum absolute atomic E-state index is 0.243. The van der Waals surface area contributed by atoms with Gasteiger partial charge in [-0.3, -0.25) is 4.79 Å². The molecule has 0 aromatic heterocycles. The Morgan fingerprint density at radius 1 is 1.50 bits per heavy atom. The van der Waals surface area contributed by atoms with E-state index in [4.69, 9.17) is 16.7 Å². The first-order chi connectivity index (χ1) is 3.77. The van der Waals surface area contributed by atoms with E-state index in [1.165, 1.54) is 0 Å². The molecule has 0 aromatic rings. The fraction of sp³-hybridized carbons (Fsp3) is 0.800. The van der Waals surface area contributed by atoms with Gasteiger partial charge in [0.15, 0.2) is 0 Å². The fourth-order valence-corrected chi connectivity index (χ4v) is 0.560. The fourth-order valence-electron chi connectivity index (χ4n) is 0.371. The minimum Gasteiger partial charge on any atom is -0.481 e. The molecular weight excluding hydrogens is 128 g/mol. The van der Waals surface area contributed by atoms with Crippen LogP contribution in [0.2, 0.25) is 0 Å². The first kappa shape index (κ1) is 7.76. The molecule has 0 bridgehead atoms. The average Bonchev–Trinajstić information content (AvgIpc) is 1.66.